The minimum absolute atomic E-state index is 0.238. The van der Waals surface area contributed by atoms with Crippen LogP contribution in [-0.4, -0.2) is 19.1 Å². The van der Waals surface area contributed by atoms with E-state index < -0.39 is 5.92 Å². The molecule has 0 heterocycles. The lowest BCUT2D eigenvalue weighted by molar-refractivity contribution is -0.118. The summed E-state index contributed by atoms with van der Waals surface area (Å²) in [6.45, 7) is 5.01. The summed E-state index contributed by atoms with van der Waals surface area (Å²) < 4.78 is 17.1. The first-order valence-corrected chi connectivity index (χ1v) is 11.9. The molecule has 1 amide bonds. The molecule has 0 aliphatic rings. The maximum absolute atomic E-state index is 12.8. The van der Waals surface area contributed by atoms with E-state index in [0.29, 0.717) is 46.2 Å². The SMILES string of the molecule is CCOc1cccc(NC(=O)[C@@H](C#N)Cc2ccc(COc3ccc(Cl)c(Cl)c3)c(OCC)c2)c1. The molecule has 0 saturated heterocycles. The molecule has 1 atom stereocenters. The van der Waals surface area contributed by atoms with Gasteiger partial charge in [0.15, 0.2) is 0 Å². The zero-order chi connectivity index (χ0) is 25.2. The number of nitriles is 1. The topological polar surface area (TPSA) is 80.6 Å². The molecule has 0 radical (unpaired) electrons. The van der Waals surface area contributed by atoms with E-state index in [4.69, 9.17) is 37.4 Å². The Kier molecular flexibility index (Phi) is 9.66. The first kappa shape index (κ1) is 26.2. The predicted molar refractivity (Wildman–Crippen MR) is 137 cm³/mol. The van der Waals surface area contributed by atoms with Gasteiger partial charge in [0, 0.05) is 23.4 Å². The van der Waals surface area contributed by atoms with Crippen LogP contribution < -0.4 is 19.5 Å². The third-order valence-electron chi connectivity index (χ3n) is 5.04. The number of rotatable bonds is 11. The van der Waals surface area contributed by atoms with Crippen LogP contribution in [0.25, 0.3) is 0 Å². The number of carbonyl (C=O) groups is 1. The first-order valence-electron chi connectivity index (χ1n) is 11.2. The summed E-state index contributed by atoms with van der Waals surface area (Å²) in [5, 5.41) is 13.3. The second-order valence-electron chi connectivity index (χ2n) is 7.58. The molecule has 6 nitrogen and oxygen atoms in total. The Bertz CT molecular complexity index is 1210. The molecule has 0 fully saturated rings. The fraction of sp³-hybridized carbons (Fsp3) is 0.259. The fourth-order valence-corrected chi connectivity index (χ4v) is 3.64. The second kappa shape index (κ2) is 12.9. The number of hydrogen-bond donors (Lipinski definition) is 1. The lowest BCUT2D eigenvalue weighted by Gasteiger charge is -2.15. The molecule has 0 unspecified atom stereocenters. The quantitative estimate of drug-likeness (QED) is 0.309. The van der Waals surface area contributed by atoms with Gasteiger partial charge in [0.1, 0.15) is 29.8 Å². The Morgan fingerprint density at radius 3 is 2.43 bits per heavy atom. The molecule has 3 aromatic carbocycles. The number of nitrogens with zero attached hydrogens (tertiary/aromatic N) is 1. The van der Waals surface area contributed by atoms with E-state index >= 15 is 0 Å². The number of ether oxygens (including phenoxy) is 3. The molecule has 0 spiro atoms. The number of hydrogen-bond acceptors (Lipinski definition) is 5. The van der Waals surface area contributed by atoms with Gasteiger partial charge in [0.05, 0.1) is 29.3 Å². The van der Waals surface area contributed by atoms with Crippen molar-refractivity contribution in [2.45, 2.75) is 26.9 Å². The largest absolute Gasteiger partial charge is 0.494 e. The number of amides is 1. The molecule has 182 valence electrons. The highest BCUT2D eigenvalue weighted by atomic mass is 35.5. The van der Waals surface area contributed by atoms with E-state index in [1.54, 1.807) is 36.4 Å². The lowest BCUT2D eigenvalue weighted by Crippen LogP contribution is -2.23. The molecule has 0 aromatic heterocycles. The second-order valence-corrected chi connectivity index (χ2v) is 8.39. The van der Waals surface area contributed by atoms with Crippen molar-refractivity contribution >= 4 is 34.8 Å². The number of carbonyl (C=O) groups excluding carboxylic acids is 1. The Hall–Kier alpha value is -3.40. The van der Waals surface area contributed by atoms with Crippen molar-refractivity contribution in [1.29, 1.82) is 5.26 Å². The van der Waals surface area contributed by atoms with Crippen LogP contribution >= 0.6 is 23.2 Å². The third kappa shape index (κ3) is 7.54. The van der Waals surface area contributed by atoms with Gasteiger partial charge in [-0.3, -0.25) is 4.79 Å². The van der Waals surface area contributed by atoms with Crippen molar-refractivity contribution < 1.29 is 19.0 Å². The summed E-state index contributed by atoms with van der Waals surface area (Å²) in [5.74, 6) is 0.607. The maximum Gasteiger partial charge on any atom is 0.242 e. The molecular formula is C27H26Cl2N2O4. The van der Waals surface area contributed by atoms with Crippen LogP contribution in [-0.2, 0) is 17.8 Å². The predicted octanol–water partition coefficient (Wildman–Crippen LogP) is 6.69. The molecule has 0 bridgehead atoms. The Balaban J connectivity index is 1.69. The first-order chi connectivity index (χ1) is 16.9. The van der Waals surface area contributed by atoms with Gasteiger partial charge in [-0.05, 0) is 56.2 Å². The Morgan fingerprint density at radius 2 is 1.71 bits per heavy atom. The number of anilines is 1. The smallest absolute Gasteiger partial charge is 0.242 e. The fourth-order valence-electron chi connectivity index (χ4n) is 3.36. The minimum Gasteiger partial charge on any atom is -0.494 e. The number of nitrogens with one attached hydrogen (secondary N) is 1. The summed E-state index contributed by atoms with van der Waals surface area (Å²) >= 11 is 12.0. The summed E-state index contributed by atoms with van der Waals surface area (Å²) in [6, 6.07) is 19.8. The molecule has 3 rings (SSSR count). The van der Waals surface area contributed by atoms with E-state index in [2.05, 4.69) is 11.4 Å². The molecule has 35 heavy (non-hydrogen) atoms. The summed E-state index contributed by atoms with van der Waals surface area (Å²) in [4.78, 5) is 12.8. The van der Waals surface area contributed by atoms with Crippen LogP contribution in [0, 0.1) is 17.2 Å². The molecule has 0 saturated carbocycles. The minimum atomic E-state index is -0.876. The molecule has 1 N–H and O–H groups in total. The van der Waals surface area contributed by atoms with Crippen molar-refractivity contribution in [1.82, 2.24) is 0 Å². The summed E-state index contributed by atoms with van der Waals surface area (Å²) in [5.41, 5.74) is 2.20. The van der Waals surface area contributed by atoms with Gasteiger partial charge in [-0.2, -0.15) is 5.26 Å². The lowest BCUT2D eigenvalue weighted by atomic mass is 9.98. The maximum atomic E-state index is 12.8. The van der Waals surface area contributed by atoms with Gasteiger partial charge in [0.25, 0.3) is 0 Å². The Morgan fingerprint density at radius 1 is 0.943 bits per heavy atom. The van der Waals surface area contributed by atoms with Gasteiger partial charge in [0.2, 0.25) is 5.91 Å². The van der Waals surface area contributed by atoms with Crippen LogP contribution in [0.4, 0.5) is 5.69 Å². The zero-order valence-corrected chi connectivity index (χ0v) is 21.0. The van der Waals surface area contributed by atoms with E-state index in [1.807, 2.05) is 38.1 Å². The number of halogens is 2. The molecule has 8 heteroatoms. The zero-order valence-electron chi connectivity index (χ0n) is 19.5. The van der Waals surface area contributed by atoms with Crippen molar-refractivity contribution in [3.8, 4) is 23.3 Å². The van der Waals surface area contributed by atoms with Crippen LogP contribution in [0.2, 0.25) is 10.0 Å². The molecular weight excluding hydrogens is 487 g/mol. The average Bonchev–Trinajstić information content (AvgIpc) is 2.84. The van der Waals surface area contributed by atoms with E-state index in [9.17, 15) is 10.1 Å². The molecule has 0 aliphatic heterocycles. The monoisotopic (exact) mass is 512 g/mol. The van der Waals surface area contributed by atoms with Crippen LogP contribution in [0.15, 0.2) is 60.7 Å². The van der Waals surface area contributed by atoms with Gasteiger partial charge in [-0.15, -0.1) is 0 Å². The normalized spacial score (nSPS) is 11.3. The van der Waals surface area contributed by atoms with Crippen molar-refractivity contribution in [3.63, 3.8) is 0 Å². The van der Waals surface area contributed by atoms with Gasteiger partial charge in [-0.25, -0.2) is 0 Å². The van der Waals surface area contributed by atoms with E-state index in [0.717, 1.165) is 11.1 Å². The third-order valence-corrected chi connectivity index (χ3v) is 5.78. The van der Waals surface area contributed by atoms with Crippen molar-refractivity contribution in [2.75, 3.05) is 18.5 Å². The van der Waals surface area contributed by atoms with Crippen LogP contribution in [0.5, 0.6) is 17.2 Å². The number of benzene rings is 3. The van der Waals surface area contributed by atoms with E-state index in [-0.39, 0.29) is 18.9 Å². The summed E-state index contributed by atoms with van der Waals surface area (Å²) in [6.07, 6.45) is 0.238. The average molecular weight is 513 g/mol. The van der Waals surface area contributed by atoms with Gasteiger partial charge in [-0.1, -0.05) is 41.4 Å². The van der Waals surface area contributed by atoms with Crippen LogP contribution in [0.3, 0.4) is 0 Å². The highest BCUT2D eigenvalue weighted by Gasteiger charge is 2.20. The van der Waals surface area contributed by atoms with Crippen molar-refractivity contribution in [3.05, 3.63) is 81.8 Å². The van der Waals surface area contributed by atoms with E-state index in [1.165, 1.54) is 0 Å². The van der Waals surface area contributed by atoms with Crippen LogP contribution in [0.1, 0.15) is 25.0 Å². The molecule has 0 aliphatic carbocycles. The summed E-state index contributed by atoms with van der Waals surface area (Å²) in [7, 11) is 0. The molecule has 3 aromatic rings. The van der Waals surface area contributed by atoms with Crippen molar-refractivity contribution in [2.24, 2.45) is 5.92 Å². The standard InChI is InChI=1S/C27H26Cl2N2O4/c1-3-33-22-7-5-6-21(14-22)31-27(32)20(16-30)12-18-8-9-19(26(13-18)34-4-2)17-35-23-10-11-24(28)25(29)15-23/h5-11,13-15,20H,3-4,12,17H2,1-2H3,(H,31,32)/t20-/m1/s1. The van der Waals surface area contributed by atoms with Gasteiger partial charge >= 0.3 is 0 Å². The highest BCUT2D eigenvalue weighted by molar-refractivity contribution is 6.42. The highest BCUT2D eigenvalue weighted by Crippen LogP contribution is 2.29. The Labute approximate surface area is 215 Å². The van der Waals surface area contributed by atoms with Gasteiger partial charge < -0.3 is 19.5 Å².